The number of carbonyl (C=O) groups excluding carboxylic acids is 1. The summed E-state index contributed by atoms with van der Waals surface area (Å²) >= 11 is 0. The topological polar surface area (TPSA) is 45.7 Å². The van der Waals surface area contributed by atoms with Crippen molar-refractivity contribution in [1.29, 1.82) is 0 Å². The van der Waals surface area contributed by atoms with Gasteiger partial charge in [-0.1, -0.05) is 6.07 Å². The Balaban J connectivity index is 1.96. The Bertz CT molecular complexity index is 464. The largest absolute Gasteiger partial charge is 0.372 e. The quantitative estimate of drug-likeness (QED) is 0.836. The molecule has 1 aromatic heterocycles. The van der Waals surface area contributed by atoms with Crippen LogP contribution in [0.1, 0.15) is 19.5 Å². The molecular weight excluding hydrogens is 254 g/mol. The number of rotatable bonds is 4. The van der Waals surface area contributed by atoms with Gasteiger partial charge in [0.2, 0.25) is 5.91 Å². The number of amides is 1. The van der Waals surface area contributed by atoms with Crippen molar-refractivity contribution in [1.82, 2.24) is 9.88 Å². The number of aromatic nitrogens is 1. The van der Waals surface area contributed by atoms with Gasteiger partial charge in [0.15, 0.2) is 0 Å². The van der Waals surface area contributed by atoms with E-state index in [0.717, 1.165) is 31.1 Å². The maximum absolute atomic E-state index is 12.0. The van der Waals surface area contributed by atoms with Gasteiger partial charge in [0.25, 0.3) is 0 Å². The lowest BCUT2D eigenvalue weighted by molar-refractivity contribution is -0.138. The summed E-state index contributed by atoms with van der Waals surface area (Å²) in [7, 11) is 0. The Hall–Kier alpha value is -1.62. The van der Waals surface area contributed by atoms with Crippen LogP contribution < -0.4 is 4.90 Å². The molecule has 1 saturated heterocycles. The molecule has 1 unspecified atom stereocenters. The zero-order valence-electron chi connectivity index (χ0n) is 12.5. The van der Waals surface area contributed by atoms with Gasteiger partial charge in [0, 0.05) is 38.0 Å². The molecule has 2 rings (SSSR count). The summed E-state index contributed by atoms with van der Waals surface area (Å²) in [4.78, 5) is 20.7. The summed E-state index contributed by atoms with van der Waals surface area (Å²) in [5.74, 6) is 1.07. The van der Waals surface area contributed by atoms with Crippen molar-refractivity contribution in [3.8, 4) is 0 Å². The van der Waals surface area contributed by atoms with E-state index in [4.69, 9.17) is 4.74 Å². The zero-order chi connectivity index (χ0) is 14.5. The average molecular weight is 277 g/mol. The van der Waals surface area contributed by atoms with E-state index in [-0.39, 0.29) is 18.6 Å². The highest BCUT2D eigenvalue weighted by molar-refractivity contribution is 5.78. The van der Waals surface area contributed by atoms with Crippen LogP contribution in [-0.2, 0) is 9.53 Å². The second-order valence-corrected chi connectivity index (χ2v) is 5.16. The van der Waals surface area contributed by atoms with Crippen molar-refractivity contribution in [3.05, 3.63) is 23.9 Å². The number of piperazine rings is 1. The third-order valence-electron chi connectivity index (χ3n) is 3.58. The fraction of sp³-hybridized carbons (Fsp3) is 0.600. The number of hydrogen-bond acceptors (Lipinski definition) is 4. The van der Waals surface area contributed by atoms with Crippen LogP contribution in [0.5, 0.6) is 0 Å². The third-order valence-corrected chi connectivity index (χ3v) is 3.58. The molecule has 110 valence electrons. The number of carbonyl (C=O) groups is 1. The number of ether oxygens (including phenoxy) is 1. The van der Waals surface area contributed by atoms with Gasteiger partial charge in [-0.2, -0.15) is 0 Å². The maximum Gasteiger partial charge on any atom is 0.248 e. The first-order valence-corrected chi connectivity index (χ1v) is 7.17. The summed E-state index contributed by atoms with van der Waals surface area (Å²) < 4.78 is 5.21. The van der Waals surface area contributed by atoms with Gasteiger partial charge in [-0.3, -0.25) is 4.79 Å². The fourth-order valence-corrected chi connectivity index (χ4v) is 2.51. The van der Waals surface area contributed by atoms with Gasteiger partial charge in [0.05, 0.1) is 0 Å². The molecule has 5 nitrogen and oxygen atoms in total. The summed E-state index contributed by atoms with van der Waals surface area (Å²) in [5.41, 5.74) is 1.02. The fourth-order valence-electron chi connectivity index (χ4n) is 2.51. The van der Waals surface area contributed by atoms with Gasteiger partial charge < -0.3 is 14.5 Å². The maximum atomic E-state index is 12.0. The molecule has 20 heavy (non-hydrogen) atoms. The highest BCUT2D eigenvalue weighted by atomic mass is 16.5. The summed E-state index contributed by atoms with van der Waals surface area (Å²) in [5, 5.41) is 0. The van der Waals surface area contributed by atoms with E-state index in [1.165, 1.54) is 0 Å². The van der Waals surface area contributed by atoms with E-state index in [1.807, 2.05) is 36.9 Å². The van der Waals surface area contributed by atoms with Crippen molar-refractivity contribution in [2.45, 2.75) is 26.8 Å². The van der Waals surface area contributed by atoms with Crippen molar-refractivity contribution in [3.63, 3.8) is 0 Å². The summed E-state index contributed by atoms with van der Waals surface area (Å²) in [6.45, 7) is 9.09. The molecule has 0 aliphatic carbocycles. The number of hydrogen-bond donors (Lipinski definition) is 0. The summed E-state index contributed by atoms with van der Waals surface area (Å²) in [6, 6.07) is 6.22. The highest BCUT2D eigenvalue weighted by Crippen LogP contribution is 2.17. The lowest BCUT2D eigenvalue weighted by Crippen LogP contribution is -2.55. The van der Waals surface area contributed by atoms with Gasteiger partial charge in [0.1, 0.15) is 12.4 Å². The Morgan fingerprint density at radius 2 is 2.25 bits per heavy atom. The van der Waals surface area contributed by atoms with E-state index in [9.17, 15) is 4.79 Å². The van der Waals surface area contributed by atoms with Crippen LogP contribution in [0, 0.1) is 6.92 Å². The van der Waals surface area contributed by atoms with Crippen LogP contribution in [0.4, 0.5) is 5.82 Å². The molecular formula is C15H23N3O2. The van der Waals surface area contributed by atoms with Crippen molar-refractivity contribution in [2.24, 2.45) is 0 Å². The van der Waals surface area contributed by atoms with Gasteiger partial charge in [-0.25, -0.2) is 4.98 Å². The SMILES string of the molecule is CCOCC(=O)N1CCN(c2cccc(C)n2)CC1C. The minimum Gasteiger partial charge on any atom is -0.372 e. The minimum atomic E-state index is 0.0798. The monoisotopic (exact) mass is 277 g/mol. The van der Waals surface area contributed by atoms with E-state index in [2.05, 4.69) is 16.8 Å². The molecule has 0 radical (unpaired) electrons. The number of anilines is 1. The molecule has 2 heterocycles. The van der Waals surface area contributed by atoms with Crippen molar-refractivity contribution >= 4 is 11.7 Å². The number of aryl methyl sites for hydroxylation is 1. The molecule has 0 N–H and O–H groups in total. The van der Waals surface area contributed by atoms with Crippen LogP contribution in [0.3, 0.4) is 0 Å². The number of pyridine rings is 1. The number of nitrogens with zero attached hydrogens (tertiary/aromatic N) is 3. The van der Waals surface area contributed by atoms with E-state index < -0.39 is 0 Å². The highest BCUT2D eigenvalue weighted by Gasteiger charge is 2.27. The molecule has 0 spiro atoms. The first-order valence-electron chi connectivity index (χ1n) is 7.17. The Labute approximate surface area is 120 Å². The smallest absolute Gasteiger partial charge is 0.248 e. The molecule has 1 aromatic rings. The summed E-state index contributed by atoms with van der Waals surface area (Å²) in [6.07, 6.45) is 0. The normalized spacial score (nSPS) is 19.2. The lowest BCUT2D eigenvalue weighted by atomic mass is 10.2. The molecule has 0 saturated carbocycles. The molecule has 0 bridgehead atoms. The van der Waals surface area contributed by atoms with Crippen LogP contribution in [-0.4, -0.2) is 54.7 Å². The minimum absolute atomic E-state index is 0.0798. The third kappa shape index (κ3) is 3.48. The molecule has 1 aliphatic heterocycles. The Morgan fingerprint density at radius 3 is 2.90 bits per heavy atom. The van der Waals surface area contributed by atoms with Crippen molar-refractivity contribution in [2.75, 3.05) is 37.7 Å². The Kier molecular flexibility index (Phi) is 4.95. The van der Waals surface area contributed by atoms with Crippen LogP contribution >= 0.6 is 0 Å². The molecule has 5 heteroatoms. The molecule has 1 amide bonds. The first kappa shape index (κ1) is 14.8. The lowest BCUT2D eigenvalue weighted by Gasteiger charge is -2.40. The van der Waals surface area contributed by atoms with E-state index in [1.54, 1.807) is 0 Å². The van der Waals surface area contributed by atoms with Crippen LogP contribution in [0.15, 0.2) is 18.2 Å². The van der Waals surface area contributed by atoms with Gasteiger partial charge >= 0.3 is 0 Å². The average Bonchev–Trinajstić information content (AvgIpc) is 2.44. The van der Waals surface area contributed by atoms with E-state index in [0.29, 0.717) is 6.61 Å². The first-order chi connectivity index (χ1) is 9.61. The molecule has 1 atom stereocenters. The predicted octanol–water partition coefficient (Wildman–Crippen LogP) is 1.46. The van der Waals surface area contributed by atoms with Gasteiger partial charge in [-0.15, -0.1) is 0 Å². The van der Waals surface area contributed by atoms with Crippen LogP contribution in [0.2, 0.25) is 0 Å². The molecule has 1 aliphatic rings. The van der Waals surface area contributed by atoms with Gasteiger partial charge in [-0.05, 0) is 32.9 Å². The standard InChI is InChI=1S/C15H23N3O2/c1-4-20-11-15(19)18-9-8-17(10-13(18)3)14-7-5-6-12(2)16-14/h5-7,13H,4,8-11H2,1-3H3. The molecule has 1 fully saturated rings. The Morgan fingerprint density at radius 1 is 1.45 bits per heavy atom. The zero-order valence-corrected chi connectivity index (χ0v) is 12.5. The second-order valence-electron chi connectivity index (χ2n) is 5.16. The predicted molar refractivity (Wildman–Crippen MR) is 78.9 cm³/mol. The second kappa shape index (κ2) is 6.70. The van der Waals surface area contributed by atoms with Crippen molar-refractivity contribution < 1.29 is 9.53 Å². The van der Waals surface area contributed by atoms with Crippen LogP contribution in [0.25, 0.3) is 0 Å². The van der Waals surface area contributed by atoms with E-state index >= 15 is 0 Å². The molecule has 0 aromatic carbocycles.